The molecule has 4 rings (SSSR count). The van der Waals surface area contributed by atoms with E-state index in [1.54, 1.807) is 4.57 Å². The van der Waals surface area contributed by atoms with Gasteiger partial charge >= 0.3 is 5.69 Å². The molecule has 0 atom stereocenters. The molecule has 1 fully saturated rings. The molecule has 42 heavy (non-hydrogen) atoms. The predicted octanol–water partition coefficient (Wildman–Crippen LogP) is 5.84. The van der Waals surface area contributed by atoms with Crippen molar-refractivity contribution in [2.24, 2.45) is 0 Å². The molecule has 2 aromatic carbocycles. The lowest BCUT2D eigenvalue weighted by Gasteiger charge is -2.26. The van der Waals surface area contributed by atoms with Crippen molar-refractivity contribution < 1.29 is 14.2 Å². The smallest absolute Gasteiger partial charge is 0.348 e. The number of nitrogens with one attached hydrogen (secondary N) is 1. The molecule has 8 nitrogen and oxygen atoms in total. The molecule has 226 valence electrons. The van der Waals surface area contributed by atoms with Crippen molar-refractivity contribution in [3.8, 4) is 40.0 Å². The van der Waals surface area contributed by atoms with E-state index in [-0.39, 0.29) is 5.69 Å². The van der Waals surface area contributed by atoms with Crippen LogP contribution in [0.15, 0.2) is 41.2 Å². The van der Waals surface area contributed by atoms with E-state index in [0.717, 1.165) is 81.1 Å². The number of benzene rings is 2. The Hall–Kier alpha value is -3.32. The molecule has 1 saturated heterocycles. The minimum atomic E-state index is -1.54. The van der Waals surface area contributed by atoms with Crippen LogP contribution in [0.25, 0.3) is 17.1 Å². The van der Waals surface area contributed by atoms with Gasteiger partial charge in [0.1, 0.15) is 19.6 Å². The summed E-state index contributed by atoms with van der Waals surface area (Å²) in [6, 6.07) is 12.1. The van der Waals surface area contributed by atoms with Gasteiger partial charge < -0.3 is 14.2 Å². The lowest BCUT2D eigenvalue weighted by atomic mass is 10.0. The number of aromatic nitrogens is 3. The molecular weight excluding hydrogens is 544 g/mol. The van der Waals surface area contributed by atoms with E-state index in [2.05, 4.69) is 72.2 Å². The quantitative estimate of drug-likeness (QED) is 0.153. The number of H-pyrrole nitrogens is 1. The summed E-state index contributed by atoms with van der Waals surface area (Å²) in [5.74, 6) is 5.33. The molecule has 9 heteroatoms. The lowest BCUT2D eigenvalue weighted by Crippen LogP contribution is -2.35. The number of hydrogen-bond acceptors (Lipinski definition) is 6. The summed E-state index contributed by atoms with van der Waals surface area (Å²) < 4.78 is 19.6. The Morgan fingerprint density at radius 2 is 1.64 bits per heavy atom. The van der Waals surface area contributed by atoms with Gasteiger partial charge in [0, 0.05) is 37.7 Å². The van der Waals surface area contributed by atoms with Crippen molar-refractivity contribution in [1.82, 2.24) is 19.7 Å². The highest BCUT2D eigenvalue weighted by molar-refractivity contribution is 6.83. The second kappa shape index (κ2) is 15.2. The summed E-state index contributed by atoms with van der Waals surface area (Å²) in [5.41, 5.74) is 6.83. The summed E-state index contributed by atoms with van der Waals surface area (Å²) in [4.78, 5) is 15.5. The molecule has 0 bridgehead atoms. The third-order valence-electron chi connectivity index (χ3n) is 7.03. The van der Waals surface area contributed by atoms with Crippen molar-refractivity contribution in [2.45, 2.75) is 72.1 Å². The number of unbranched alkanes of at least 4 members (excludes halogenated alkanes) is 2. The fraction of sp³-hybridized carbons (Fsp3) is 0.515. The second-order valence-electron chi connectivity index (χ2n) is 11.8. The van der Waals surface area contributed by atoms with E-state index in [1.807, 2.05) is 24.3 Å². The first kappa shape index (κ1) is 31.6. The normalized spacial score (nSPS) is 13.9. The van der Waals surface area contributed by atoms with Gasteiger partial charge in [-0.15, -0.1) is 11.5 Å². The number of aromatic amines is 1. The van der Waals surface area contributed by atoms with Crippen molar-refractivity contribution in [1.29, 1.82) is 0 Å². The fourth-order valence-corrected chi connectivity index (χ4v) is 5.33. The van der Waals surface area contributed by atoms with Gasteiger partial charge in [-0.25, -0.2) is 14.5 Å². The third-order valence-corrected chi connectivity index (χ3v) is 7.96. The Morgan fingerprint density at radius 3 is 2.29 bits per heavy atom. The van der Waals surface area contributed by atoms with Crippen LogP contribution in [-0.4, -0.2) is 67.3 Å². The van der Waals surface area contributed by atoms with Gasteiger partial charge in [0.05, 0.1) is 37.7 Å². The van der Waals surface area contributed by atoms with Gasteiger partial charge in [-0.1, -0.05) is 58.5 Å². The largest absolute Gasteiger partial charge is 0.493 e. The number of rotatable bonds is 13. The lowest BCUT2D eigenvalue weighted by molar-refractivity contribution is 0.0342. The zero-order valence-corrected chi connectivity index (χ0v) is 26.9. The second-order valence-corrected chi connectivity index (χ2v) is 16.6. The van der Waals surface area contributed by atoms with Gasteiger partial charge in [-0.05, 0) is 36.6 Å². The molecule has 0 radical (unpaired) electrons. The Labute approximate surface area is 251 Å². The fourth-order valence-electron chi connectivity index (χ4n) is 4.72. The van der Waals surface area contributed by atoms with Crippen LogP contribution in [-0.2, 0) is 17.7 Å². The average Bonchev–Trinajstić information content (AvgIpc) is 3.35. The SMILES string of the molecule is CCCCOc1cc(OCCCC)c(-c2n[nH]c(=O)n2-c2ccc(CN3CCOCC3)cc2)cc1CC#C[Si](C)(C)C. The first-order valence-electron chi connectivity index (χ1n) is 15.3. The monoisotopic (exact) mass is 590 g/mol. The van der Waals surface area contributed by atoms with E-state index in [1.165, 1.54) is 5.56 Å². The van der Waals surface area contributed by atoms with Crippen molar-refractivity contribution in [3.63, 3.8) is 0 Å². The summed E-state index contributed by atoms with van der Waals surface area (Å²) in [6.45, 7) is 16.4. The maximum atomic E-state index is 13.1. The van der Waals surface area contributed by atoms with Crippen LogP contribution in [0.5, 0.6) is 11.5 Å². The average molecular weight is 591 g/mol. The number of ether oxygens (including phenoxy) is 3. The molecule has 1 N–H and O–H groups in total. The molecule has 1 aliphatic rings. The highest BCUT2D eigenvalue weighted by Gasteiger charge is 2.21. The molecule has 0 saturated carbocycles. The van der Waals surface area contributed by atoms with Crippen molar-refractivity contribution in [3.05, 3.63) is 58.0 Å². The van der Waals surface area contributed by atoms with E-state index >= 15 is 0 Å². The Balaban J connectivity index is 1.73. The van der Waals surface area contributed by atoms with Gasteiger partial charge in [0.15, 0.2) is 5.82 Å². The topological polar surface area (TPSA) is 81.6 Å². The van der Waals surface area contributed by atoms with Crippen LogP contribution in [0.1, 0.15) is 50.7 Å². The summed E-state index contributed by atoms with van der Waals surface area (Å²) in [6.07, 6.45) is 4.51. The predicted molar refractivity (Wildman–Crippen MR) is 171 cm³/mol. The highest BCUT2D eigenvalue weighted by atomic mass is 28.3. The third kappa shape index (κ3) is 8.84. The molecule has 1 aliphatic heterocycles. The maximum Gasteiger partial charge on any atom is 0.348 e. The zero-order chi connectivity index (χ0) is 30.0. The first-order valence-corrected chi connectivity index (χ1v) is 18.8. The summed E-state index contributed by atoms with van der Waals surface area (Å²) in [7, 11) is -1.54. The van der Waals surface area contributed by atoms with Gasteiger partial charge in [0.25, 0.3) is 0 Å². The zero-order valence-electron chi connectivity index (χ0n) is 25.9. The van der Waals surface area contributed by atoms with Gasteiger partial charge in [-0.3, -0.25) is 4.90 Å². The standard InChI is InChI=1S/C33H46N4O4Si/c1-6-8-18-40-30-24-31(41-19-9-7-2)29(23-27(30)11-10-22-42(3,4)5)32-34-35-33(38)37(32)28-14-12-26(13-15-28)25-36-16-20-39-21-17-36/h12-15,23-24H,6-9,11,16-21,25H2,1-5H3,(H,35,38). The van der Waals surface area contributed by atoms with Crippen LogP contribution in [0, 0.1) is 11.5 Å². The number of morpholine rings is 1. The summed E-state index contributed by atoms with van der Waals surface area (Å²) in [5, 5.41) is 7.16. The van der Waals surface area contributed by atoms with Crippen LogP contribution in [0.4, 0.5) is 0 Å². The minimum absolute atomic E-state index is 0.297. The first-order chi connectivity index (χ1) is 20.3. The number of hydrogen-bond donors (Lipinski definition) is 1. The van der Waals surface area contributed by atoms with E-state index < -0.39 is 8.07 Å². The van der Waals surface area contributed by atoms with E-state index in [0.29, 0.717) is 31.2 Å². The molecule has 3 aromatic rings. The Kier molecular flexibility index (Phi) is 11.5. The molecule has 1 aromatic heterocycles. The van der Waals surface area contributed by atoms with Gasteiger partial charge in [-0.2, -0.15) is 5.10 Å². The Bertz CT molecular complexity index is 1410. The molecule has 2 heterocycles. The molecule has 0 amide bonds. The number of nitrogens with zero attached hydrogens (tertiary/aromatic N) is 3. The molecule has 0 unspecified atom stereocenters. The highest BCUT2D eigenvalue weighted by Crippen LogP contribution is 2.36. The van der Waals surface area contributed by atoms with E-state index in [4.69, 9.17) is 14.2 Å². The Morgan fingerprint density at radius 1 is 0.976 bits per heavy atom. The molecule has 0 aliphatic carbocycles. The van der Waals surface area contributed by atoms with Crippen LogP contribution < -0.4 is 15.2 Å². The maximum absolute atomic E-state index is 13.1. The molecular formula is C33H46N4O4Si. The van der Waals surface area contributed by atoms with Crippen LogP contribution >= 0.6 is 0 Å². The van der Waals surface area contributed by atoms with Crippen LogP contribution in [0.3, 0.4) is 0 Å². The van der Waals surface area contributed by atoms with Crippen LogP contribution in [0.2, 0.25) is 19.6 Å². The van der Waals surface area contributed by atoms with Gasteiger partial charge in [0.2, 0.25) is 0 Å². The molecule has 0 spiro atoms. The van der Waals surface area contributed by atoms with Crippen molar-refractivity contribution >= 4 is 8.07 Å². The van der Waals surface area contributed by atoms with E-state index in [9.17, 15) is 4.79 Å². The summed E-state index contributed by atoms with van der Waals surface area (Å²) >= 11 is 0. The minimum Gasteiger partial charge on any atom is -0.493 e. The van der Waals surface area contributed by atoms with Crippen molar-refractivity contribution in [2.75, 3.05) is 39.5 Å².